The summed E-state index contributed by atoms with van der Waals surface area (Å²) in [6, 6.07) is 7.32. The number of nitrogens with zero attached hydrogens (tertiary/aromatic N) is 1. The summed E-state index contributed by atoms with van der Waals surface area (Å²) in [6.45, 7) is 0. The first-order valence-electron chi connectivity index (χ1n) is 6.35. The van der Waals surface area contributed by atoms with E-state index in [9.17, 15) is 4.79 Å². The lowest BCUT2D eigenvalue weighted by Crippen LogP contribution is -2.18. The van der Waals surface area contributed by atoms with Gasteiger partial charge in [0, 0.05) is 37.7 Å². The molecule has 0 N–H and O–H groups in total. The normalized spacial score (nSPS) is 17.2. The minimum Gasteiger partial charge on any atom is -0.497 e. The van der Waals surface area contributed by atoms with Crippen molar-refractivity contribution in [1.82, 2.24) is 4.90 Å². The van der Waals surface area contributed by atoms with Crippen molar-refractivity contribution >= 4 is 5.78 Å². The molecule has 3 heteroatoms. The third-order valence-electron chi connectivity index (χ3n) is 3.30. The third-order valence-corrected chi connectivity index (χ3v) is 3.30. The lowest BCUT2D eigenvalue weighted by Gasteiger charge is -2.20. The molecule has 2 rings (SSSR count). The monoisotopic (exact) mass is 257 g/mol. The van der Waals surface area contributed by atoms with E-state index >= 15 is 0 Å². The van der Waals surface area contributed by atoms with E-state index in [0.29, 0.717) is 12.0 Å². The smallest absolute Gasteiger partial charge is 0.163 e. The Labute approximate surface area is 114 Å². The molecule has 0 fully saturated rings. The quantitative estimate of drug-likeness (QED) is 0.760. The van der Waals surface area contributed by atoms with Gasteiger partial charge in [-0.15, -0.1) is 0 Å². The number of allylic oxidation sites excluding steroid dienone is 3. The number of methoxy groups -OCH3 is 1. The van der Waals surface area contributed by atoms with Gasteiger partial charge in [-0.3, -0.25) is 4.79 Å². The van der Waals surface area contributed by atoms with Crippen LogP contribution in [0.5, 0.6) is 5.75 Å². The molecule has 0 amide bonds. The van der Waals surface area contributed by atoms with Crippen LogP contribution in [0.15, 0.2) is 48.2 Å². The highest BCUT2D eigenvalue weighted by atomic mass is 16.5. The van der Waals surface area contributed by atoms with E-state index in [-0.39, 0.29) is 11.7 Å². The molecule has 0 saturated heterocycles. The van der Waals surface area contributed by atoms with Gasteiger partial charge < -0.3 is 9.64 Å². The number of benzene rings is 1. The molecule has 1 atom stereocenters. The van der Waals surface area contributed by atoms with Crippen LogP contribution in [0.4, 0.5) is 0 Å². The molecule has 3 nitrogen and oxygen atoms in total. The van der Waals surface area contributed by atoms with Gasteiger partial charge in [-0.1, -0.05) is 24.3 Å². The third kappa shape index (κ3) is 3.05. The highest BCUT2D eigenvalue weighted by Crippen LogP contribution is 2.26. The Morgan fingerprint density at radius 1 is 1.37 bits per heavy atom. The van der Waals surface area contributed by atoms with Gasteiger partial charge in [0.15, 0.2) is 5.78 Å². The average molecular weight is 257 g/mol. The van der Waals surface area contributed by atoms with Crippen LogP contribution >= 0.6 is 0 Å². The maximum absolute atomic E-state index is 12.3. The molecule has 1 aromatic rings. The lowest BCUT2D eigenvalue weighted by atomic mass is 9.97. The summed E-state index contributed by atoms with van der Waals surface area (Å²) in [5.74, 6) is 1.04. The van der Waals surface area contributed by atoms with E-state index in [1.54, 1.807) is 13.2 Å². The second kappa shape index (κ2) is 5.74. The molecule has 0 saturated carbocycles. The average Bonchev–Trinajstić information content (AvgIpc) is 2.87. The van der Waals surface area contributed by atoms with Gasteiger partial charge in [-0.2, -0.15) is 0 Å². The standard InChI is InChI=1S/C16H19NO2/c1-17(2)15-9-5-6-12(15)11-16(18)13-7-4-8-14(10-13)19-3/h4-10,12H,11H2,1-3H3. The van der Waals surface area contributed by atoms with E-state index < -0.39 is 0 Å². The van der Waals surface area contributed by atoms with Crippen LogP contribution in [0.1, 0.15) is 16.8 Å². The molecule has 0 aliphatic heterocycles. The Bertz CT molecular complexity index is 529. The zero-order valence-corrected chi connectivity index (χ0v) is 11.6. The fourth-order valence-electron chi connectivity index (χ4n) is 2.28. The van der Waals surface area contributed by atoms with Crippen molar-refractivity contribution in [1.29, 1.82) is 0 Å². The van der Waals surface area contributed by atoms with Crippen molar-refractivity contribution in [2.24, 2.45) is 5.92 Å². The van der Waals surface area contributed by atoms with Crippen molar-refractivity contribution in [3.05, 3.63) is 53.8 Å². The van der Waals surface area contributed by atoms with Crippen molar-refractivity contribution in [2.75, 3.05) is 21.2 Å². The van der Waals surface area contributed by atoms with Gasteiger partial charge in [0.1, 0.15) is 5.75 Å². The maximum Gasteiger partial charge on any atom is 0.163 e. The molecule has 1 unspecified atom stereocenters. The largest absolute Gasteiger partial charge is 0.497 e. The van der Waals surface area contributed by atoms with E-state index in [1.807, 2.05) is 38.4 Å². The fraction of sp³-hybridized carbons (Fsp3) is 0.312. The van der Waals surface area contributed by atoms with Gasteiger partial charge in [0.2, 0.25) is 0 Å². The van der Waals surface area contributed by atoms with Crippen LogP contribution in [-0.2, 0) is 0 Å². The van der Waals surface area contributed by atoms with Gasteiger partial charge >= 0.3 is 0 Å². The highest BCUT2D eigenvalue weighted by molar-refractivity contribution is 5.96. The number of ketones is 1. The minimum atomic E-state index is 0.142. The minimum absolute atomic E-state index is 0.142. The summed E-state index contributed by atoms with van der Waals surface area (Å²) >= 11 is 0. The molecule has 0 spiro atoms. The Morgan fingerprint density at radius 2 is 2.16 bits per heavy atom. The van der Waals surface area contributed by atoms with Crippen molar-refractivity contribution in [2.45, 2.75) is 6.42 Å². The highest BCUT2D eigenvalue weighted by Gasteiger charge is 2.20. The first-order chi connectivity index (χ1) is 9.11. The van der Waals surface area contributed by atoms with Crippen molar-refractivity contribution in [3.8, 4) is 5.75 Å². The number of Topliss-reactive ketones (excluding diaryl/α,β-unsaturated/α-hetero) is 1. The molecule has 19 heavy (non-hydrogen) atoms. The molecule has 1 aliphatic rings. The molecule has 1 aromatic carbocycles. The predicted octanol–water partition coefficient (Wildman–Crippen LogP) is 2.90. The number of hydrogen-bond acceptors (Lipinski definition) is 3. The van der Waals surface area contributed by atoms with Crippen LogP contribution in [-0.4, -0.2) is 31.9 Å². The van der Waals surface area contributed by atoms with Crippen LogP contribution in [0.3, 0.4) is 0 Å². The first-order valence-corrected chi connectivity index (χ1v) is 6.35. The Morgan fingerprint density at radius 3 is 2.84 bits per heavy atom. The topological polar surface area (TPSA) is 29.5 Å². The number of carbonyl (C=O) groups excluding carboxylic acids is 1. The molecule has 1 aliphatic carbocycles. The molecule has 100 valence electrons. The zero-order valence-electron chi connectivity index (χ0n) is 11.6. The van der Waals surface area contributed by atoms with E-state index in [0.717, 1.165) is 5.75 Å². The summed E-state index contributed by atoms with van der Waals surface area (Å²) < 4.78 is 5.15. The predicted molar refractivity (Wildman–Crippen MR) is 76.3 cm³/mol. The van der Waals surface area contributed by atoms with Crippen molar-refractivity contribution < 1.29 is 9.53 Å². The Hall–Kier alpha value is -2.03. The van der Waals surface area contributed by atoms with Crippen LogP contribution in [0.2, 0.25) is 0 Å². The van der Waals surface area contributed by atoms with E-state index in [2.05, 4.69) is 17.1 Å². The van der Waals surface area contributed by atoms with Gasteiger partial charge in [-0.25, -0.2) is 0 Å². The molecule has 0 radical (unpaired) electrons. The van der Waals surface area contributed by atoms with Crippen LogP contribution in [0, 0.1) is 5.92 Å². The summed E-state index contributed by atoms with van der Waals surface area (Å²) in [4.78, 5) is 14.4. The number of carbonyl (C=O) groups is 1. The maximum atomic E-state index is 12.3. The van der Waals surface area contributed by atoms with Crippen LogP contribution in [0.25, 0.3) is 0 Å². The molecule has 0 aromatic heterocycles. The van der Waals surface area contributed by atoms with Gasteiger partial charge in [0.25, 0.3) is 0 Å². The van der Waals surface area contributed by atoms with E-state index in [1.165, 1.54) is 5.70 Å². The Balaban J connectivity index is 2.09. The Kier molecular flexibility index (Phi) is 4.05. The second-order valence-electron chi connectivity index (χ2n) is 4.84. The summed E-state index contributed by atoms with van der Waals surface area (Å²) in [5, 5.41) is 0. The first kappa shape index (κ1) is 13.4. The van der Waals surface area contributed by atoms with Crippen LogP contribution < -0.4 is 4.74 Å². The number of ether oxygens (including phenoxy) is 1. The summed E-state index contributed by atoms with van der Waals surface area (Å²) in [6.07, 6.45) is 6.64. The molecular formula is C16H19NO2. The van der Waals surface area contributed by atoms with Gasteiger partial charge in [-0.05, 0) is 18.2 Å². The zero-order chi connectivity index (χ0) is 13.8. The molecule has 0 heterocycles. The lowest BCUT2D eigenvalue weighted by molar-refractivity contribution is 0.0971. The number of hydrogen-bond donors (Lipinski definition) is 0. The molecular weight excluding hydrogens is 238 g/mol. The van der Waals surface area contributed by atoms with Gasteiger partial charge in [0.05, 0.1) is 7.11 Å². The summed E-state index contributed by atoms with van der Waals surface area (Å²) in [7, 11) is 5.61. The fourth-order valence-corrected chi connectivity index (χ4v) is 2.28. The van der Waals surface area contributed by atoms with Crippen molar-refractivity contribution in [3.63, 3.8) is 0 Å². The van der Waals surface area contributed by atoms with E-state index in [4.69, 9.17) is 4.74 Å². The number of rotatable bonds is 5. The SMILES string of the molecule is COc1cccc(C(=O)CC2C=CC=C2N(C)C)c1. The molecule has 0 bridgehead atoms. The second-order valence-corrected chi connectivity index (χ2v) is 4.84. The summed E-state index contributed by atoms with van der Waals surface area (Å²) in [5.41, 5.74) is 1.88.